The molecule has 0 aromatic heterocycles. The normalized spacial score (nSPS) is 37.2. The molecule has 0 bridgehead atoms. The van der Waals surface area contributed by atoms with Crippen LogP contribution in [0.3, 0.4) is 0 Å². The zero-order valence-corrected chi connectivity index (χ0v) is 8.18. The molecule has 0 saturated carbocycles. The highest BCUT2D eigenvalue weighted by Crippen LogP contribution is 2.38. The van der Waals surface area contributed by atoms with Gasteiger partial charge in [-0.1, -0.05) is 0 Å². The molecule has 70 valence electrons. The van der Waals surface area contributed by atoms with Gasteiger partial charge >= 0.3 is 0 Å². The third-order valence-corrected chi connectivity index (χ3v) is 3.38. The first kappa shape index (κ1) is 8.52. The highest BCUT2D eigenvalue weighted by atomic mass is 16.5. The highest BCUT2D eigenvalue weighted by Gasteiger charge is 2.41. The van der Waals surface area contributed by atoms with Crippen molar-refractivity contribution in [3.05, 3.63) is 0 Å². The quantitative estimate of drug-likeness (QED) is 0.590. The maximum absolute atomic E-state index is 5.48. The monoisotopic (exact) mass is 169 g/mol. The van der Waals surface area contributed by atoms with E-state index in [1.54, 1.807) is 0 Å². The van der Waals surface area contributed by atoms with Gasteiger partial charge in [0.2, 0.25) is 0 Å². The van der Waals surface area contributed by atoms with Crippen molar-refractivity contribution in [1.82, 2.24) is 4.90 Å². The molecule has 12 heavy (non-hydrogen) atoms. The minimum absolute atomic E-state index is 0.546. The van der Waals surface area contributed by atoms with Gasteiger partial charge in [0.25, 0.3) is 0 Å². The van der Waals surface area contributed by atoms with Crippen molar-refractivity contribution >= 4 is 0 Å². The van der Waals surface area contributed by atoms with E-state index in [0.29, 0.717) is 11.5 Å². The maximum atomic E-state index is 5.48. The largest absolute Gasteiger partial charge is 0.381 e. The molecule has 0 amide bonds. The van der Waals surface area contributed by atoms with Gasteiger partial charge < -0.3 is 9.64 Å². The summed E-state index contributed by atoms with van der Waals surface area (Å²) in [5, 5.41) is 0. The molecular weight excluding hydrogens is 150 g/mol. The predicted octanol–water partition coefficient (Wildman–Crippen LogP) is 1.51. The molecule has 2 fully saturated rings. The van der Waals surface area contributed by atoms with Crippen LogP contribution in [0.5, 0.6) is 0 Å². The highest BCUT2D eigenvalue weighted by molar-refractivity contribution is 4.93. The van der Waals surface area contributed by atoms with Crippen LogP contribution in [0.1, 0.15) is 26.7 Å². The molecule has 2 aliphatic heterocycles. The lowest BCUT2D eigenvalue weighted by Crippen LogP contribution is -2.32. The third-order valence-electron chi connectivity index (χ3n) is 3.38. The molecule has 0 aliphatic carbocycles. The van der Waals surface area contributed by atoms with E-state index < -0.39 is 0 Å². The van der Waals surface area contributed by atoms with E-state index in [4.69, 9.17) is 4.74 Å². The molecular formula is C10H19NO. The third kappa shape index (κ3) is 1.38. The minimum Gasteiger partial charge on any atom is -0.381 e. The van der Waals surface area contributed by atoms with Gasteiger partial charge in [0.1, 0.15) is 0 Å². The Morgan fingerprint density at radius 2 is 2.17 bits per heavy atom. The summed E-state index contributed by atoms with van der Waals surface area (Å²) in [5.74, 6) is 0. The van der Waals surface area contributed by atoms with Crippen LogP contribution in [-0.2, 0) is 4.74 Å². The Morgan fingerprint density at radius 1 is 1.33 bits per heavy atom. The van der Waals surface area contributed by atoms with Gasteiger partial charge in [-0.25, -0.2) is 0 Å². The zero-order valence-electron chi connectivity index (χ0n) is 8.18. The number of rotatable bonds is 1. The Labute approximate surface area is 74.9 Å². The molecule has 2 rings (SSSR count). The molecule has 2 saturated heterocycles. The van der Waals surface area contributed by atoms with E-state index in [0.717, 1.165) is 13.2 Å². The first-order valence-electron chi connectivity index (χ1n) is 5.04. The molecule has 0 radical (unpaired) electrons. The van der Waals surface area contributed by atoms with Crippen molar-refractivity contribution < 1.29 is 4.74 Å². The molecule has 2 heteroatoms. The van der Waals surface area contributed by atoms with E-state index in [2.05, 4.69) is 18.7 Å². The topological polar surface area (TPSA) is 12.5 Å². The Bertz CT molecular complexity index is 161. The molecule has 2 aliphatic rings. The van der Waals surface area contributed by atoms with Crippen molar-refractivity contribution in [1.29, 1.82) is 0 Å². The molecule has 2 nitrogen and oxygen atoms in total. The summed E-state index contributed by atoms with van der Waals surface area (Å²) in [5.41, 5.74) is 0.546. The summed E-state index contributed by atoms with van der Waals surface area (Å²) >= 11 is 0. The van der Waals surface area contributed by atoms with Crippen LogP contribution < -0.4 is 0 Å². The molecule has 1 atom stereocenters. The van der Waals surface area contributed by atoms with Crippen LogP contribution in [0.25, 0.3) is 0 Å². The number of hydrogen-bond acceptors (Lipinski definition) is 2. The molecule has 0 aromatic carbocycles. The number of likely N-dealkylation sites (tertiary alicyclic amines) is 1. The summed E-state index contributed by atoms with van der Waals surface area (Å²) in [7, 11) is 0. The van der Waals surface area contributed by atoms with E-state index in [-0.39, 0.29) is 0 Å². The Balaban J connectivity index is 1.96. The van der Waals surface area contributed by atoms with Crippen LogP contribution in [0.2, 0.25) is 0 Å². The minimum atomic E-state index is 0.546. The van der Waals surface area contributed by atoms with Crippen molar-refractivity contribution in [3.8, 4) is 0 Å². The van der Waals surface area contributed by atoms with Gasteiger partial charge in [-0.2, -0.15) is 0 Å². The number of nitrogens with zero attached hydrogens (tertiary/aromatic N) is 1. The van der Waals surface area contributed by atoms with Crippen molar-refractivity contribution in [2.45, 2.75) is 32.7 Å². The second-order valence-corrected chi connectivity index (χ2v) is 4.62. The molecule has 2 heterocycles. The first-order chi connectivity index (χ1) is 5.72. The average molecular weight is 169 g/mol. The smallest absolute Gasteiger partial charge is 0.0536 e. The number of hydrogen-bond donors (Lipinski definition) is 0. The first-order valence-corrected chi connectivity index (χ1v) is 5.04. The lowest BCUT2D eigenvalue weighted by Gasteiger charge is -2.24. The molecule has 0 N–H and O–H groups in total. The van der Waals surface area contributed by atoms with Gasteiger partial charge in [0.05, 0.1) is 6.61 Å². The summed E-state index contributed by atoms with van der Waals surface area (Å²) < 4.78 is 5.48. The fraction of sp³-hybridized carbons (Fsp3) is 1.00. The van der Waals surface area contributed by atoms with Crippen LogP contribution >= 0.6 is 0 Å². The predicted molar refractivity (Wildman–Crippen MR) is 49.2 cm³/mol. The Hall–Kier alpha value is -0.0800. The molecule has 1 spiro atoms. The van der Waals surface area contributed by atoms with Gasteiger partial charge in [-0.3, -0.25) is 0 Å². The molecule has 0 unspecified atom stereocenters. The van der Waals surface area contributed by atoms with Gasteiger partial charge in [0, 0.05) is 24.6 Å². The van der Waals surface area contributed by atoms with Crippen molar-refractivity contribution in [2.75, 3.05) is 26.3 Å². The fourth-order valence-electron chi connectivity index (χ4n) is 2.38. The van der Waals surface area contributed by atoms with Crippen molar-refractivity contribution in [2.24, 2.45) is 5.41 Å². The fourth-order valence-corrected chi connectivity index (χ4v) is 2.38. The zero-order chi connectivity index (χ0) is 8.60. The second-order valence-electron chi connectivity index (χ2n) is 4.62. The lowest BCUT2D eigenvalue weighted by molar-refractivity contribution is 0.148. The number of ether oxygens (including phenoxy) is 1. The molecule has 0 aromatic rings. The summed E-state index contributed by atoms with van der Waals surface area (Å²) in [6.45, 7) is 9.12. The van der Waals surface area contributed by atoms with E-state index >= 15 is 0 Å². The maximum Gasteiger partial charge on any atom is 0.0536 e. The Kier molecular flexibility index (Phi) is 2.13. The van der Waals surface area contributed by atoms with Gasteiger partial charge in [-0.15, -0.1) is 0 Å². The van der Waals surface area contributed by atoms with Crippen LogP contribution in [0, 0.1) is 5.41 Å². The summed E-state index contributed by atoms with van der Waals surface area (Å²) in [6, 6.07) is 0.713. The van der Waals surface area contributed by atoms with E-state index in [1.807, 2.05) is 0 Å². The van der Waals surface area contributed by atoms with Crippen molar-refractivity contribution in [3.63, 3.8) is 0 Å². The summed E-state index contributed by atoms with van der Waals surface area (Å²) in [4.78, 5) is 2.58. The summed E-state index contributed by atoms with van der Waals surface area (Å²) in [6.07, 6.45) is 2.64. The van der Waals surface area contributed by atoms with Gasteiger partial charge in [-0.05, 0) is 33.2 Å². The van der Waals surface area contributed by atoms with E-state index in [1.165, 1.54) is 25.9 Å². The average Bonchev–Trinajstić information content (AvgIpc) is 2.62. The Morgan fingerprint density at radius 3 is 2.67 bits per heavy atom. The lowest BCUT2D eigenvalue weighted by atomic mass is 9.87. The van der Waals surface area contributed by atoms with E-state index in [9.17, 15) is 0 Å². The van der Waals surface area contributed by atoms with Gasteiger partial charge in [0.15, 0.2) is 0 Å². The van der Waals surface area contributed by atoms with Crippen LogP contribution in [0.4, 0.5) is 0 Å². The van der Waals surface area contributed by atoms with Crippen LogP contribution in [0.15, 0.2) is 0 Å². The van der Waals surface area contributed by atoms with Crippen LogP contribution in [-0.4, -0.2) is 37.2 Å². The SMILES string of the molecule is CC(C)N1CC[C@@]2(CCOC2)C1. The standard InChI is InChI=1S/C10H19NO/c1-9(2)11-5-3-10(7-11)4-6-12-8-10/h9H,3-8H2,1-2H3/t10-/m1/s1. The second kappa shape index (κ2) is 3.00.